The molecule has 3 heteroatoms. The van der Waals surface area contributed by atoms with Gasteiger partial charge in [0.2, 0.25) is 0 Å². The van der Waals surface area contributed by atoms with Gasteiger partial charge in [0.15, 0.2) is 0 Å². The highest BCUT2D eigenvalue weighted by Crippen LogP contribution is 2.35. The first-order valence-corrected chi connectivity index (χ1v) is 7.58. The number of halogens is 1. The number of nitriles is 1. The van der Waals surface area contributed by atoms with E-state index in [9.17, 15) is 0 Å². The maximum absolute atomic E-state index is 9.05. The lowest BCUT2D eigenvalue weighted by Crippen LogP contribution is -2.12. The zero-order valence-corrected chi connectivity index (χ0v) is 14.3. The molecule has 0 aliphatic carbocycles. The van der Waals surface area contributed by atoms with Crippen molar-refractivity contribution in [2.75, 3.05) is 0 Å². The Hall–Kier alpha value is -1.79. The summed E-state index contributed by atoms with van der Waals surface area (Å²) in [7, 11) is 0. The zero-order valence-electron chi connectivity index (χ0n) is 12.7. The van der Waals surface area contributed by atoms with E-state index < -0.39 is 0 Å². The predicted molar refractivity (Wildman–Crippen MR) is 88.8 cm³/mol. The summed E-state index contributed by atoms with van der Waals surface area (Å²) in [6.07, 6.45) is 0. The van der Waals surface area contributed by atoms with Crippen LogP contribution in [0.5, 0.6) is 11.5 Å². The van der Waals surface area contributed by atoms with Crippen molar-refractivity contribution in [1.29, 1.82) is 5.26 Å². The van der Waals surface area contributed by atoms with E-state index in [-0.39, 0.29) is 5.41 Å². The second-order valence-corrected chi connectivity index (χ2v) is 7.05. The van der Waals surface area contributed by atoms with Gasteiger partial charge in [-0.3, -0.25) is 0 Å². The number of benzene rings is 2. The lowest BCUT2D eigenvalue weighted by atomic mass is 9.85. The molecule has 2 aromatic carbocycles. The van der Waals surface area contributed by atoms with E-state index in [2.05, 4.69) is 55.8 Å². The third-order valence-corrected chi connectivity index (χ3v) is 3.63. The lowest BCUT2D eigenvalue weighted by Gasteiger charge is -2.23. The van der Waals surface area contributed by atoms with Crippen LogP contribution in [0.4, 0.5) is 0 Å². The molecule has 0 spiro atoms. The molecule has 2 nitrogen and oxygen atoms in total. The van der Waals surface area contributed by atoms with Crippen LogP contribution in [0.2, 0.25) is 0 Å². The summed E-state index contributed by atoms with van der Waals surface area (Å²) in [5.74, 6) is 1.49. The van der Waals surface area contributed by atoms with Gasteiger partial charge in [-0.05, 0) is 36.6 Å². The SMILES string of the molecule is Cc1ccc(Oc2cc(Br)cc(C#N)c2)c(C(C)(C)C)c1. The van der Waals surface area contributed by atoms with E-state index in [4.69, 9.17) is 10.00 Å². The van der Waals surface area contributed by atoms with Crippen molar-refractivity contribution < 1.29 is 4.74 Å². The van der Waals surface area contributed by atoms with Crippen molar-refractivity contribution in [2.24, 2.45) is 0 Å². The molecule has 0 heterocycles. The molecular weight excluding hydrogens is 326 g/mol. The summed E-state index contributed by atoms with van der Waals surface area (Å²) in [6, 6.07) is 13.7. The molecule has 0 atom stereocenters. The number of rotatable bonds is 2. The molecule has 0 fully saturated rings. The number of ether oxygens (including phenoxy) is 1. The van der Waals surface area contributed by atoms with Crippen LogP contribution in [-0.4, -0.2) is 0 Å². The summed E-state index contributed by atoms with van der Waals surface area (Å²) < 4.78 is 6.87. The molecule has 21 heavy (non-hydrogen) atoms. The summed E-state index contributed by atoms with van der Waals surface area (Å²) in [5, 5.41) is 9.05. The minimum absolute atomic E-state index is 0.00851. The van der Waals surface area contributed by atoms with Gasteiger partial charge in [-0.1, -0.05) is 54.4 Å². The average Bonchev–Trinajstić information content (AvgIpc) is 2.39. The first-order chi connectivity index (χ1) is 9.79. The Morgan fingerprint density at radius 1 is 1.10 bits per heavy atom. The molecule has 2 aromatic rings. The molecule has 2 rings (SSSR count). The Labute approximate surface area is 134 Å². The molecule has 0 amide bonds. The average molecular weight is 344 g/mol. The highest BCUT2D eigenvalue weighted by atomic mass is 79.9. The minimum atomic E-state index is -0.00851. The van der Waals surface area contributed by atoms with Crippen LogP contribution in [-0.2, 0) is 5.41 Å². The van der Waals surface area contributed by atoms with Crippen molar-refractivity contribution >= 4 is 15.9 Å². The van der Waals surface area contributed by atoms with E-state index >= 15 is 0 Å². The van der Waals surface area contributed by atoms with Crippen LogP contribution in [0.1, 0.15) is 37.5 Å². The van der Waals surface area contributed by atoms with Crippen LogP contribution in [0.3, 0.4) is 0 Å². The maximum atomic E-state index is 9.05. The highest BCUT2D eigenvalue weighted by molar-refractivity contribution is 9.10. The van der Waals surface area contributed by atoms with Gasteiger partial charge in [0.25, 0.3) is 0 Å². The van der Waals surface area contributed by atoms with Gasteiger partial charge in [-0.15, -0.1) is 0 Å². The molecular formula is C18H18BrNO. The maximum Gasteiger partial charge on any atom is 0.131 e. The van der Waals surface area contributed by atoms with Crippen molar-refractivity contribution in [3.05, 3.63) is 57.6 Å². The van der Waals surface area contributed by atoms with Crippen molar-refractivity contribution in [1.82, 2.24) is 0 Å². The summed E-state index contributed by atoms with van der Waals surface area (Å²) in [5.41, 5.74) is 2.93. The Kier molecular flexibility index (Phi) is 4.39. The van der Waals surface area contributed by atoms with Crippen molar-refractivity contribution in [3.63, 3.8) is 0 Å². The molecule has 0 aliphatic heterocycles. The Morgan fingerprint density at radius 2 is 1.81 bits per heavy atom. The fourth-order valence-corrected chi connectivity index (χ4v) is 2.60. The van der Waals surface area contributed by atoms with Gasteiger partial charge in [-0.2, -0.15) is 5.26 Å². The van der Waals surface area contributed by atoms with Gasteiger partial charge < -0.3 is 4.74 Å². The van der Waals surface area contributed by atoms with E-state index in [0.717, 1.165) is 15.8 Å². The topological polar surface area (TPSA) is 33.0 Å². The van der Waals surface area contributed by atoms with E-state index in [1.807, 2.05) is 18.2 Å². The van der Waals surface area contributed by atoms with Crippen molar-refractivity contribution in [2.45, 2.75) is 33.1 Å². The number of hydrogen-bond acceptors (Lipinski definition) is 2. The molecule has 0 bridgehead atoms. The Balaban J connectivity index is 2.45. The molecule has 0 aromatic heterocycles. The van der Waals surface area contributed by atoms with Crippen LogP contribution in [0.25, 0.3) is 0 Å². The third-order valence-electron chi connectivity index (χ3n) is 3.17. The fourth-order valence-electron chi connectivity index (χ4n) is 2.13. The third kappa shape index (κ3) is 3.86. The van der Waals surface area contributed by atoms with E-state index in [1.165, 1.54) is 5.56 Å². The molecule has 0 saturated carbocycles. The predicted octanol–water partition coefficient (Wildman–Crippen LogP) is 5.72. The van der Waals surface area contributed by atoms with Gasteiger partial charge in [0, 0.05) is 10.0 Å². The second kappa shape index (κ2) is 5.91. The van der Waals surface area contributed by atoms with Crippen LogP contribution in [0, 0.1) is 18.3 Å². The highest BCUT2D eigenvalue weighted by Gasteiger charge is 2.19. The van der Waals surface area contributed by atoms with Crippen molar-refractivity contribution in [3.8, 4) is 17.6 Å². The molecule has 0 radical (unpaired) electrons. The first-order valence-electron chi connectivity index (χ1n) is 6.79. The second-order valence-electron chi connectivity index (χ2n) is 6.14. The molecule has 108 valence electrons. The summed E-state index contributed by atoms with van der Waals surface area (Å²) in [4.78, 5) is 0. The number of aryl methyl sites for hydroxylation is 1. The zero-order chi connectivity index (χ0) is 15.6. The Bertz CT molecular complexity index is 708. The quantitative estimate of drug-likeness (QED) is 0.698. The van der Waals surface area contributed by atoms with E-state index in [1.54, 1.807) is 12.1 Å². The number of nitrogens with zero attached hydrogens (tertiary/aromatic N) is 1. The van der Waals surface area contributed by atoms with E-state index in [0.29, 0.717) is 11.3 Å². The van der Waals surface area contributed by atoms with Crippen LogP contribution >= 0.6 is 15.9 Å². The monoisotopic (exact) mass is 343 g/mol. The number of hydrogen-bond donors (Lipinski definition) is 0. The normalized spacial score (nSPS) is 11.0. The molecule has 0 saturated heterocycles. The van der Waals surface area contributed by atoms with Gasteiger partial charge in [0.1, 0.15) is 11.5 Å². The summed E-state index contributed by atoms with van der Waals surface area (Å²) >= 11 is 3.41. The smallest absolute Gasteiger partial charge is 0.131 e. The van der Waals surface area contributed by atoms with Gasteiger partial charge in [0.05, 0.1) is 11.6 Å². The standard InChI is InChI=1S/C18H18BrNO/c1-12-5-6-17(16(7-12)18(2,3)4)21-15-9-13(11-20)8-14(19)10-15/h5-10H,1-4H3. The Morgan fingerprint density at radius 3 is 2.43 bits per heavy atom. The van der Waals surface area contributed by atoms with Crippen LogP contribution < -0.4 is 4.74 Å². The largest absolute Gasteiger partial charge is 0.457 e. The molecule has 0 N–H and O–H groups in total. The fraction of sp³-hybridized carbons (Fsp3) is 0.278. The molecule has 0 unspecified atom stereocenters. The van der Waals surface area contributed by atoms with Gasteiger partial charge >= 0.3 is 0 Å². The minimum Gasteiger partial charge on any atom is -0.457 e. The van der Waals surface area contributed by atoms with Crippen LogP contribution in [0.15, 0.2) is 40.9 Å². The first kappa shape index (κ1) is 15.6. The summed E-state index contributed by atoms with van der Waals surface area (Å²) in [6.45, 7) is 8.56. The van der Waals surface area contributed by atoms with Gasteiger partial charge in [-0.25, -0.2) is 0 Å². The molecule has 0 aliphatic rings. The lowest BCUT2D eigenvalue weighted by molar-refractivity contribution is 0.454.